The van der Waals surface area contributed by atoms with Crippen LogP contribution in [0, 0.1) is 5.95 Å². The van der Waals surface area contributed by atoms with E-state index in [0.29, 0.717) is 5.76 Å². The standard InChI is InChI=1S/C13H14FN3O2/c1-13(2,3)9-7-10(17-19-9)16-12(18)8-5-4-6-15-11(8)14/h4-7H,1-3H3,(H,16,17,18). The van der Waals surface area contributed by atoms with E-state index in [2.05, 4.69) is 15.5 Å². The van der Waals surface area contributed by atoms with Crippen molar-refractivity contribution in [1.29, 1.82) is 0 Å². The first kappa shape index (κ1) is 13.2. The number of nitrogens with zero attached hydrogens (tertiary/aromatic N) is 2. The smallest absolute Gasteiger partial charge is 0.261 e. The van der Waals surface area contributed by atoms with Crippen LogP contribution in [0.2, 0.25) is 0 Å². The lowest BCUT2D eigenvalue weighted by atomic mass is 9.93. The van der Waals surface area contributed by atoms with Crippen LogP contribution in [0.5, 0.6) is 0 Å². The van der Waals surface area contributed by atoms with Gasteiger partial charge in [-0.2, -0.15) is 4.39 Å². The maximum atomic E-state index is 13.3. The van der Waals surface area contributed by atoms with Crippen molar-refractivity contribution in [1.82, 2.24) is 10.1 Å². The van der Waals surface area contributed by atoms with Crippen LogP contribution in [-0.2, 0) is 5.41 Å². The summed E-state index contributed by atoms with van der Waals surface area (Å²) in [5.74, 6) is -0.550. The Labute approximate surface area is 109 Å². The van der Waals surface area contributed by atoms with Crippen molar-refractivity contribution in [3.05, 3.63) is 41.7 Å². The van der Waals surface area contributed by atoms with Crippen LogP contribution in [-0.4, -0.2) is 16.0 Å². The van der Waals surface area contributed by atoms with Gasteiger partial charge in [-0.15, -0.1) is 0 Å². The Morgan fingerprint density at radius 3 is 2.74 bits per heavy atom. The summed E-state index contributed by atoms with van der Waals surface area (Å²) in [4.78, 5) is 15.2. The highest BCUT2D eigenvalue weighted by Gasteiger charge is 2.21. The number of amides is 1. The summed E-state index contributed by atoms with van der Waals surface area (Å²) in [7, 11) is 0. The SMILES string of the molecule is CC(C)(C)c1cc(NC(=O)c2cccnc2F)no1. The minimum absolute atomic E-state index is 0.136. The molecule has 0 aliphatic carbocycles. The third kappa shape index (κ3) is 2.96. The van der Waals surface area contributed by atoms with Gasteiger partial charge in [0.05, 0.1) is 5.56 Å². The number of aromatic nitrogens is 2. The van der Waals surface area contributed by atoms with Crippen molar-refractivity contribution >= 4 is 11.7 Å². The highest BCUT2D eigenvalue weighted by Crippen LogP contribution is 2.24. The van der Waals surface area contributed by atoms with Crippen molar-refractivity contribution in [3.8, 4) is 0 Å². The normalized spacial score (nSPS) is 11.4. The molecule has 5 nitrogen and oxygen atoms in total. The molecule has 100 valence electrons. The van der Waals surface area contributed by atoms with E-state index < -0.39 is 11.9 Å². The van der Waals surface area contributed by atoms with Gasteiger partial charge in [-0.3, -0.25) is 4.79 Å². The highest BCUT2D eigenvalue weighted by molar-refractivity contribution is 6.03. The number of anilines is 1. The Morgan fingerprint density at radius 1 is 1.42 bits per heavy atom. The first-order chi connectivity index (χ1) is 8.88. The van der Waals surface area contributed by atoms with Gasteiger partial charge in [0.1, 0.15) is 5.76 Å². The van der Waals surface area contributed by atoms with Crippen LogP contribution in [0.4, 0.5) is 10.2 Å². The van der Waals surface area contributed by atoms with E-state index in [1.54, 1.807) is 6.07 Å². The van der Waals surface area contributed by atoms with Crippen LogP contribution in [0.1, 0.15) is 36.9 Å². The zero-order chi connectivity index (χ0) is 14.0. The van der Waals surface area contributed by atoms with Crippen LogP contribution >= 0.6 is 0 Å². The van der Waals surface area contributed by atoms with Crippen LogP contribution < -0.4 is 5.32 Å². The summed E-state index contributed by atoms with van der Waals surface area (Å²) in [5.41, 5.74) is -0.349. The lowest BCUT2D eigenvalue weighted by molar-refractivity contribution is 0.102. The second-order valence-electron chi connectivity index (χ2n) is 5.12. The van der Waals surface area contributed by atoms with Crippen LogP contribution in [0.15, 0.2) is 28.9 Å². The lowest BCUT2D eigenvalue weighted by Crippen LogP contribution is -2.14. The molecule has 6 heteroatoms. The second-order valence-corrected chi connectivity index (χ2v) is 5.12. The van der Waals surface area contributed by atoms with Gasteiger partial charge in [-0.25, -0.2) is 4.98 Å². The highest BCUT2D eigenvalue weighted by atomic mass is 19.1. The molecule has 1 N–H and O–H groups in total. The summed E-state index contributed by atoms with van der Waals surface area (Å²) in [6.45, 7) is 5.87. The van der Waals surface area contributed by atoms with Gasteiger partial charge in [0.25, 0.3) is 5.91 Å². The molecule has 0 unspecified atom stereocenters. The number of hydrogen-bond donors (Lipinski definition) is 1. The second kappa shape index (κ2) is 4.79. The van der Waals surface area contributed by atoms with Crippen molar-refractivity contribution < 1.29 is 13.7 Å². The van der Waals surface area contributed by atoms with E-state index in [1.165, 1.54) is 18.3 Å². The van der Waals surface area contributed by atoms with E-state index in [-0.39, 0.29) is 16.8 Å². The fourth-order valence-electron chi connectivity index (χ4n) is 1.43. The van der Waals surface area contributed by atoms with Crippen LogP contribution in [0.25, 0.3) is 0 Å². The fourth-order valence-corrected chi connectivity index (χ4v) is 1.43. The van der Waals surface area contributed by atoms with E-state index >= 15 is 0 Å². The third-order valence-electron chi connectivity index (χ3n) is 2.49. The Hall–Kier alpha value is -2.24. The molecule has 0 fully saturated rings. The van der Waals surface area contributed by atoms with Crippen molar-refractivity contribution in [3.63, 3.8) is 0 Å². The Balaban J connectivity index is 2.16. The predicted molar refractivity (Wildman–Crippen MR) is 67.4 cm³/mol. The number of halogens is 1. The Bertz CT molecular complexity index is 602. The zero-order valence-electron chi connectivity index (χ0n) is 10.9. The van der Waals surface area contributed by atoms with E-state index in [0.717, 1.165) is 0 Å². The minimum Gasteiger partial charge on any atom is -0.359 e. The summed E-state index contributed by atoms with van der Waals surface area (Å²) in [5, 5.41) is 6.20. The predicted octanol–water partition coefficient (Wildman–Crippen LogP) is 2.76. The molecular weight excluding hydrogens is 249 g/mol. The Kier molecular flexibility index (Phi) is 3.33. The molecule has 2 rings (SSSR count). The van der Waals surface area contributed by atoms with Crippen molar-refractivity contribution in [2.45, 2.75) is 26.2 Å². The van der Waals surface area contributed by atoms with Crippen molar-refractivity contribution in [2.75, 3.05) is 5.32 Å². The molecule has 2 heterocycles. The average molecular weight is 263 g/mol. The number of pyridine rings is 1. The molecule has 0 bridgehead atoms. The van der Waals surface area contributed by atoms with E-state index in [1.807, 2.05) is 20.8 Å². The molecule has 0 spiro atoms. The molecule has 2 aromatic heterocycles. The summed E-state index contributed by atoms with van der Waals surface area (Å²) >= 11 is 0. The lowest BCUT2D eigenvalue weighted by Gasteiger charge is -2.12. The van der Waals surface area contributed by atoms with E-state index in [9.17, 15) is 9.18 Å². The number of hydrogen-bond acceptors (Lipinski definition) is 4. The van der Waals surface area contributed by atoms with Gasteiger partial charge in [-0.05, 0) is 12.1 Å². The molecular formula is C13H14FN3O2. The number of nitrogens with one attached hydrogen (secondary N) is 1. The van der Waals surface area contributed by atoms with Gasteiger partial charge in [0, 0.05) is 17.7 Å². The van der Waals surface area contributed by atoms with Crippen molar-refractivity contribution in [2.24, 2.45) is 0 Å². The summed E-state index contributed by atoms with van der Waals surface area (Å²) in [6.07, 6.45) is 1.28. The summed E-state index contributed by atoms with van der Waals surface area (Å²) < 4.78 is 18.4. The average Bonchev–Trinajstić information content (AvgIpc) is 2.77. The monoisotopic (exact) mass is 263 g/mol. The van der Waals surface area contributed by atoms with Gasteiger partial charge in [0.15, 0.2) is 5.82 Å². The molecule has 0 saturated carbocycles. The first-order valence-corrected chi connectivity index (χ1v) is 5.77. The van der Waals surface area contributed by atoms with Gasteiger partial charge in [-0.1, -0.05) is 25.9 Å². The quantitative estimate of drug-likeness (QED) is 0.846. The van der Waals surface area contributed by atoms with E-state index in [4.69, 9.17) is 4.52 Å². The Morgan fingerprint density at radius 2 is 2.16 bits per heavy atom. The maximum Gasteiger partial charge on any atom is 0.261 e. The molecule has 0 aromatic carbocycles. The fraction of sp³-hybridized carbons (Fsp3) is 0.308. The van der Waals surface area contributed by atoms with Gasteiger partial charge >= 0.3 is 0 Å². The third-order valence-corrected chi connectivity index (χ3v) is 2.49. The topological polar surface area (TPSA) is 68.0 Å². The first-order valence-electron chi connectivity index (χ1n) is 5.77. The number of carbonyl (C=O) groups is 1. The van der Waals surface area contributed by atoms with Gasteiger partial charge < -0.3 is 9.84 Å². The van der Waals surface area contributed by atoms with Gasteiger partial charge in [0.2, 0.25) is 5.95 Å². The maximum absolute atomic E-state index is 13.3. The molecule has 0 saturated heterocycles. The number of carbonyl (C=O) groups excluding carboxylic acids is 1. The molecule has 0 aliphatic heterocycles. The zero-order valence-corrected chi connectivity index (χ0v) is 10.9. The minimum atomic E-state index is -0.820. The molecule has 0 radical (unpaired) electrons. The molecule has 1 amide bonds. The molecule has 0 atom stereocenters. The number of rotatable bonds is 2. The van der Waals surface area contributed by atoms with Crippen LogP contribution in [0.3, 0.4) is 0 Å². The molecule has 0 aliphatic rings. The summed E-state index contributed by atoms with van der Waals surface area (Å²) in [6, 6.07) is 4.45. The largest absolute Gasteiger partial charge is 0.359 e. The molecule has 2 aromatic rings. The molecule has 19 heavy (non-hydrogen) atoms.